The van der Waals surface area contributed by atoms with Gasteiger partial charge >= 0.3 is 0 Å². The highest BCUT2D eigenvalue weighted by Gasteiger charge is 2.24. The molecule has 0 radical (unpaired) electrons. The van der Waals surface area contributed by atoms with Crippen molar-refractivity contribution in [2.75, 3.05) is 38.3 Å². The second-order valence-corrected chi connectivity index (χ2v) is 7.08. The van der Waals surface area contributed by atoms with E-state index in [0.29, 0.717) is 6.42 Å². The highest BCUT2D eigenvalue weighted by molar-refractivity contribution is 8.00. The third kappa shape index (κ3) is 5.35. The predicted molar refractivity (Wildman–Crippen MR) is 89.1 cm³/mol. The van der Waals surface area contributed by atoms with Gasteiger partial charge in [0.1, 0.15) is 0 Å². The lowest BCUT2D eigenvalue weighted by atomic mass is 10.2. The monoisotopic (exact) mass is 344 g/mol. The molecule has 23 heavy (non-hydrogen) atoms. The zero-order chi connectivity index (χ0) is 16.8. The summed E-state index contributed by atoms with van der Waals surface area (Å²) in [6.07, 6.45) is 2.46. The van der Waals surface area contributed by atoms with Crippen molar-refractivity contribution in [3.8, 4) is 5.75 Å². The molecule has 128 valence electrons. The van der Waals surface area contributed by atoms with Gasteiger partial charge in [0.15, 0.2) is 17.4 Å². The summed E-state index contributed by atoms with van der Waals surface area (Å²) in [5, 5.41) is 2.44. The molecule has 4 nitrogen and oxygen atoms in total. The van der Waals surface area contributed by atoms with E-state index in [4.69, 9.17) is 4.74 Å². The Bertz CT molecular complexity index is 526. The Kier molecular flexibility index (Phi) is 6.65. The summed E-state index contributed by atoms with van der Waals surface area (Å²) < 4.78 is 33.2. The first-order valence-corrected chi connectivity index (χ1v) is 8.71. The number of anilines is 1. The van der Waals surface area contributed by atoms with E-state index in [1.807, 2.05) is 19.0 Å². The fourth-order valence-corrected chi connectivity index (χ4v) is 3.49. The van der Waals surface area contributed by atoms with Gasteiger partial charge in [-0.05, 0) is 39.1 Å². The number of halogens is 2. The fourth-order valence-electron chi connectivity index (χ4n) is 2.33. The molecule has 1 aromatic carbocycles. The molecule has 1 saturated heterocycles. The minimum Gasteiger partial charge on any atom is -0.488 e. The van der Waals surface area contributed by atoms with Crippen molar-refractivity contribution in [3.05, 3.63) is 23.8 Å². The molecule has 1 aliphatic rings. The molecule has 2 rings (SSSR count). The number of nitrogens with one attached hydrogen (secondary N) is 1. The molecule has 1 fully saturated rings. The summed E-state index contributed by atoms with van der Waals surface area (Å²) in [5.74, 6) is -1.25. The molecule has 1 heterocycles. The highest BCUT2D eigenvalue weighted by atomic mass is 32.2. The summed E-state index contributed by atoms with van der Waals surface area (Å²) in [7, 11) is 3.84. The predicted octanol–water partition coefficient (Wildman–Crippen LogP) is 3.13. The molecule has 1 atom stereocenters. The Labute approximate surface area is 139 Å². The van der Waals surface area contributed by atoms with E-state index < -0.39 is 17.4 Å². The quantitative estimate of drug-likeness (QED) is 0.772. The number of carbonyl (C=O) groups is 1. The van der Waals surface area contributed by atoms with Gasteiger partial charge in [0.2, 0.25) is 5.91 Å². The molecule has 1 aliphatic heterocycles. The first-order valence-electron chi connectivity index (χ1n) is 7.66. The molecule has 1 amide bonds. The molecule has 1 aromatic rings. The summed E-state index contributed by atoms with van der Waals surface area (Å²) >= 11 is 1.57. The SMILES string of the molecule is CN(C)CCCOc1c(F)cc(NC(=O)[C@H]2CCCS2)cc1F. The van der Waals surface area contributed by atoms with E-state index in [1.165, 1.54) is 0 Å². The number of hydrogen-bond donors (Lipinski definition) is 1. The lowest BCUT2D eigenvalue weighted by Crippen LogP contribution is -2.23. The first kappa shape index (κ1) is 18.0. The van der Waals surface area contributed by atoms with Gasteiger partial charge in [0.25, 0.3) is 0 Å². The number of carbonyl (C=O) groups excluding carboxylic acids is 1. The second-order valence-electron chi connectivity index (χ2n) is 5.77. The normalized spacial score (nSPS) is 17.5. The van der Waals surface area contributed by atoms with Crippen LogP contribution in [-0.2, 0) is 4.79 Å². The number of benzene rings is 1. The maximum Gasteiger partial charge on any atom is 0.237 e. The molecular formula is C16H22F2N2O2S. The number of rotatable bonds is 7. The lowest BCUT2D eigenvalue weighted by molar-refractivity contribution is -0.115. The topological polar surface area (TPSA) is 41.6 Å². The minimum absolute atomic E-state index is 0.123. The molecular weight excluding hydrogens is 322 g/mol. The van der Waals surface area contributed by atoms with Crippen LogP contribution < -0.4 is 10.1 Å². The largest absolute Gasteiger partial charge is 0.488 e. The van der Waals surface area contributed by atoms with Crippen molar-refractivity contribution in [1.82, 2.24) is 4.90 Å². The van der Waals surface area contributed by atoms with Crippen LogP contribution in [0.25, 0.3) is 0 Å². The average molecular weight is 344 g/mol. The number of nitrogens with zero attached hydrogens (tertiary/aromatic N) is 1. The zero-order valence-electron chi connectivity index (χ0n) is 13.4. The Morgan fingerprint density at radius 1 is 1.39 bits per heavy atom. The van der Waals surface area contributed by atoms with Crippen LogP contribution in [0.3, 0.4) is 0 Å². The summed E-state index contributed by atoms with van der Waals surface area (Å²) in [4.78, 5) is 14.0. The Morgan fingerprint density at radius 2 is 2.09 bits per heavy atom. The molecule has 0 aromatic heterocycles. The molecule has 1 N–H and O–H groups in total. The third-order valence-corrected chi connectivity index (χ3v) is 4.86. The zero-order valence-corrected chi connectivity index (χ0v) is 14.2. The molecule has 7 heteroatoms. The molecule has 0 aliphatic carbocycles. The second kappa shape index (κ2) is 8.49. The van der Waals surface area contributed by atoms with Crippen molar-refractivity contribution in [1.29, 1.82) is 0 Å². The van der Waals surface area contributed by atoms with Crippen molar-refractivity contribution < 1.29 is 18.3 Å². The molecule has 0 saturated carbocycles. The first-order chi connectivity index (χ1) is 11.0. The lowest BCUT2D eigenvalue weighted by Gasteiger charge is -2.13. The van der Waals surface area contributed by atoms with Gasteiger partial charge in [-0.15, -0.1) is 11.8 Å². The van der Waals surface area contributed by atoms with Crippen molar-refractivity contribution in [2.24, 2.45) is 0 Å². The van der Waals surface area contributed by atoms with E-state index in [9.17, 15) is 13.6 Å². The van der Waals surface area contributed by atoms with Gasteiger partial charge in [-0.3, -0.25) is 4.79 Å². The number of amides is 1. The Balaban J connectivity index is 1.94. The average Bonchev–Trinajstić information content (AvgIpc) is 2.99. The standard InChI is InChI=1S/C16H22F2N2O2S/c1-20(2)6-4-7-22-15-12(17)9-11(10-13(15)18)19-16(21)14-5-3-8-23-14/h9-10,14H,3-8H2,1-2H3,(H,19,21)/t14-/m1/s1. The van der Waals surface area contributed by atoms with Gasteiger partial charge in [0.05, 0.1) is 11.9 Å². The fraction of sp³-hybridized carbons (Fsp3) is 0.562. The van der Waals surface area contributed by atoms with Gasteiger partial charge in [0, 0.05) is 24.4 Å². The van der Waals surface area contributed by atoms with Crippen LogP contribution in [0, 0.1) is 11.6 Å². The van der Waals surface area contributed by atoms with Crippen LogP contribution in [0.5, 0.6) is 5.75 Å². The number of ether oxygens (including phenoxy) is 1. The van der Waals surface area contributed by atoms with Gasteiger partial charge in [-0.25, -0.2) is 8.78 Å². The van der Waals surface area contributed by atoms with Crippen LogP contribution in [0.15, 0.2) is 12.1 Å². The van der Waals surface area contributed by atoms with Gasteiger partial charge < -0.3 is 15.0 Å². The summed E-state index contributed by atoms with van der Waals surface area (Å²) in [6, 6.07) is 2.20. The van der Waals surface area contributed by atoms with Crippen LogP contribution in [-0.4, -0.2) is 49.1 Å². The molecule has 0 unspecified atom stereocenters. The summed E-state index contributed by atoms with van der Waals surface area (Å²) in [5.41, 5.74) is 0.123. The maximum atomic E-state index is 14.0. The Morgan fingerprint density at radius 3 is 2.65 bits per heavy atom. The van der Waals surface area contributed by atoms with Crippen LogP contribution in [0.4, 0.5) is 14.5 Å². The van der Waals surface area contributed by atoms with Crippen LogP contribution in [0.2, 0.25) is 0 Å². The molecule has 0 spiro atoms. The van der Waals surface area contributed by atoms with E-state index in [2.05, 4.69) is 5.32 Å². The van der Waals surface area contributed by atoms with Crippen molar-refractivity contribution in [3.63, 3.8) is 0 Å². The smallest absolute Gasteiger partial charge is 0.237 e. The van der Waals surface area contributed by atoms with Crippen LogP contribution >= 0.6 is 11.8 Å². The number of thioether (sulfide) groups is 1. The van der Waals surface area contributed by atoms with Crippen molar-refractivity contribution in [2.45, 2.75) is 24.5 Å². The van der Waals surface area contributed by atoms with Crippen LogP contribution in [0.1, 0.15) is 19.3 Å². The van der Waals surface area contributed by atoms with Gasteiger partial charge in [-0.2, -0.15) is 0 Å². The Hall–Kier alpha value is -1.34. The van der Waals surface area contributed by atoms with E-state index in [-0.39, 0.29) is 23.5 Å². The van der Waals surface area contributed by atoms with Gasteiger partial charge in [-0.1, -0.05) is 0 Å². The van der Waals surface area contributed by atoms with E-state index in [0.717, 1.165) is 37.3 Å². The minimum atomic E-state index is -0.802. The third-order valence-electron chi connectivity index (χ3n) is 3.48. The summed E-state index contributed by atoms with van der Waals surface area (Å²) in [6.45, 7) is 1.01. The number of hydrogen-bond acceptors (Lipinski definition) is 4. The van der Waals surface area contributed by atoms with E-state index >= 15 is 0 Å². The van der Waals surface area contributed by atoms with E-state index in [1.54, 1.807) is 11.8 Å². The highest BCUT2D eigenvalue weighted by Crippen LogP contribution is 2.29. The maximum absolute atomic E-state index is 14.0. The van der Waals surface area contributed by atoms with Crippen molar-refractivity contribution >= 4 is 23.4 Å². The molecule has 0 bridgehead atoms.